The monoisotopic (exact) mass is 243 g/mol. The van der Waals surface area contributed by atoms with Gasteiger partial charge < -0.3 is 15.8 Å². The van der Waals surface area contributed by atoms with Crippen molar-refractivity contribution in [2.24, 2.45) is 0 Å². The van der Waals surface area contributed by atoms with Gasteiger partial charge in [0.15, 0.2) is 0 Å². The molecule has 94 valence electrons. The first kappa shape index (κ1) is 12.2. The van der Waals surface area contributed by atoms with E-state index in [4.69, 9.17) is 10.5 Å². The smallest absolute Gasteiger partial charge is 0.141 e. The number of pyridine rings is 1. The predicted molar refractivity (Wildman–Crippen MR) is 73.7 cm³/mol. The van der Waals surface area contributed by atoms with Crippen LogP contribution in [0.3, 0.4) is 0 Å². The summed E-state index contributed by atoms with van der Waals surface area (Å²) in [5.41, 5.74) is 9.85. The molecule has 0 aliphatic carbocycles. The van der Waals surface area contributed by atoms with E-state index in [1.54, 1.807) is 13.3 Å². The number of anilines is 2. The van der Waals surface area contributed by atoms with Crippen LogP contribution in [0.1, 0.15) is 11.1 Å². The maximum Gasteiger partial charge on any atom is 0.141 e. The summed E-state index contributed by atoms with van der Waals surface area (Å²) in [6.45, 7) is 2.75. The van der Waals surface area contributed by atoms with Crippen LogP contribution in [-0.2, 0) is 6.54 Å². The Bertz CT molecular complexity index is 540. The lowest BCUT2D eigenvalue weighted by Crippen LogP contribution is -2.02. The van der Waals surface area contributed by atoms with Crippen molar-refractivity contribution < 1.29 is 4.74 Å². The zero-order chi connectivity index (χ0) is 13.0. The Kier molecular flexibility index (Phi) is 3.67. The minimum atomic E-state index is 0.656. The lowest BCUT2D eigenvalue weighted by molar-refractivity contribution is 0.417. The number of aromatic nitrogens is 1. The fourth-order valence-electron chi connectivity index (χ4n) is 1.76. The molecule has 0 radical (unpaired) electrons. The number of hydrogen-bond donors (Lipinski definition) is 2. The average molecular weight is 243 g/mol. The van der Waals surface area contributed by atoms with E-state index < -0.39 is 0 Å². The Morgan fingerprint density at radius 2 is 2.17 bits per heavy atom. The summed E-state index contributed by atoms with van der Waals surface area (Å²) < 4.78 is 5.13. The first-order valence-electron chi connectivity index (χ1n) is 5.77. The third-order valence-corrected chi connectivity index (χ3v) is 2.80. The van der Waals surface area contributed by atoms with Crippen molar-refractivity contribution in [1.29, 1.82) is 0 Å². The topological polar surface area (TPSA) is 60.2 Å². The van der Waals surface area contributed by atoms with Gasteiger partial charge in [0.2, 0.25) is 0 Å². The average Bonchev–Trinajstić information content (AvgIpc) is 2.38. The van der Waals surface area contributed by atoms with Crippen LogP contribution >= 0.6 is 0 Å². The fourth-order valence-corrected chi connectivity index (χ4v) is 1.76. The summed E-state index contributed by atoms with van der Waals surface area (Å²) in [4.78, 5) is 4.06. The third-order valence-electron chi connectivity index (χ3n) is 2.80. The lowest BCUT2D eigenvalue weighted by Gasteiger charge is -2.10. The number of methoxy groups -OCH3 is 1. The van der Waals surface area contributed by atoms with Crippen molar-refractivity contribution in [3.05, 3.63) is 47.8 Å². The first-order chi connectivity index (χ1) is 8.70. The van der Waals surface area contributed by atoms with Crippen LogP contribution < -0.4 is 15.8 Å². The number of hydrogen-bond acceptors (Lipinski definition) is 4. The predicted octanol–water partition coefficient (Wildman–Crippen LogP) is 2.59. The van der Waals surface area contributed by atoms with Crippen molar-refractivity contribution in [1.82, 2.24) is 4.98 Å². The van der Waals surface area contributed by atoms with Crippen molar-refractivity contribution >= 4 is 11.4 Å². The highest BCUT2D eigenvalue weighted by molar-refractivity contribution is 5.55. The molecule has 0 saturated carbocycles. The van der Waals surface area contributed by atoms with Gasteiger partial charge in [-0.3, -0.25) is 4.98 Å². The van der Waals surface area contributed by atoms with Crippen LogP contribution in [0.4, 0.5) is 11.4 Å². The molecule has 0 bridgehead atoms. The van der Waals surface area contributed by atoms with E-state index in [0.29, 0.717) is 11.4 Å². The second-order valence-corrected chi connectivity index (χ2v) is 4.12. The van der Waals surface area contributed by atoms with Crippen molar-refractivity contribution in [3.63, 3.8) is 0 Å². The number of aryl methyl sites for hydroxylation is 1. The summed E-state index contributed by atoms with van der Waals surface area (Å²) in [6.07, 6.45) is 3.61. The summed E-state index contributed by atoms with van der Waals surface area (Å²) in [5.74, 6) is 0.707. The van der Waals surface area contributed by atoms with Crippen LogP contribution in [0.2, 0.25) is 0 Å². The molecular formula is C14H17N3O. The minimum Gasteiger partial charge on any atom is -0.495 e. The van der Waals surface area contributed by atoms with Crippen molar-refractivity contribution in [3.8, 4) is 5.75 Å². The molecule has 4 nitrogen and oxygen atoms in total. The summed E-state index contributed by atoms with van der Waals surface area (Å²) in [6, 6.07) is 7.76. The standard InChI is InChI=1S/C14H17N3O/c1-10-8-16-6-5-13(10)17-9-11-3-4-14(18-2)12(15)7-11/h3-8H,9,15H2,1-2H3,(H,16,17). The van der Waals surface area contributed by atoms with E-state index in [9.17, 15) is 0 Å². The van der Waals surface area contributed by atoms with Gasteiger partial charge in [0.1, 0.15) is 5.75 Å². The Labute approximate surface area is 107 Å². The van der Waals surface area contributed by atoms with Gasteiger partial charge in [-0.1, -0.05) is 6.07 Å². The van der Waals surface area contributed by atoms with Gasteiger partial charge in [0.05, 0.1) is 12.8 Å². The van der Waals surface area contributed by atoms with Crippen LogP contribution in [0.25, 0.3) is 0 Å². The van der Waals surface area contributed by atoms with Crippen LogP contribution in [0.5, 0.6) is 5.75 Å². The highest BCUT2D eigenvalue weighted by Crippen LogP contribution is 2.22. The molecule has 1 aromatic carbocycles. The Morgan fingerprint density at radius 3 is 2.83 bits per heavy atom. The van der Waals surface area contributed by atoms with Gasteiger partial charge in [-0.2, -0.15) is 0 Å². The Hall–Kier alpha value is -2.23. The number of rotatable bonds is 4. The molecule has 0 spiro atoms. The van der Waals surface area contributed by atoms with E-state index in [1.807, 2.05) is 37.4 Å². The van der Waals surface area contributed by atoms with Gasteiger partial charge in [-0.15, -0.1) is 0 Å². The highest BCUT2D eigenvalue weighted by atomic mass is 16.5. The molecule has 18 heavy (non-hydrogen) atoms. The van der Waals surface area contributed by atoms with E-state index in [1.165, 1.54) is 0 Å². The van der Waals surface area contributed by atoms with E-state index >= 15 is 0 Å². The zero-order valence-corrected chi connectivity index (χ0v) is 10.6. The zero-order valence-electron chi connectivity index (χ0n) is 10.6. The molecule has 2 aromatic rings. The third kappa shape index (κ3) is 2.71. The molecule has 3 N–H and O–H groups in total. The summed E-state index contributed by atoms with van der Waals surface area (Å²) in [7, 11) is 1.62. The summed E-state index contributed by atoms with van der Waals surface area (Å²) in [5, 5.41) is 3.36. The van der Waals surface area contributed by atoms with Crippen molar-refractivity contribution in [2.75, 3.05) is 18.2 Å². The van der Waals surface area contributed by atoms with Crippen LogP contribution in [-0.4, -0.2) is 12.1 Å². The molecule has 1 aromatic heterocycles. The quantitative estimate of drug-likeness (QED) is 0.810. The number of nitrogens with zero attached hydrogens (tertiary/aromatic N) is 1. The highest BCUT2D eigenvalue weighted by Gasteiger charge is 2.01. The number of ether oxygens (including phenoxy) is 1. The van der Waals surface area contributed by atoms with Crippen LogP contribution in [0, 0.1) is 6.92 Å². The van der Waals surface area contributed by atoms with E-state index in [-0.39, 0.29) is 0 Å². The fraction of sp³-hybridized carbons (Fsp3) is 0.214. The Morgan fingerprint density at radius 1 is 1.33 bits per heavy atom. The normalized spacial score (nSPS) is 10.1. The number of nitrogens with two attached hydrogens (primary N) is 1. The molecule has 0 fully saturated rings. The first-order valence-corrected chi connectivity index (χ1v) is 5.77. The molecular weight excluding hydrogens is 226 g/mol. The van der Waals surface area contributed by atoms with Crippen molar-refractivity contribution in [2.45, 2.75) is 13.5 Å². The SMILES string of the molecule is COc1ccc(CNc2ccncc2C)cc1N. The molecule has 4 heteroatoms. The second-order valence-electron chi connectivity index (χ2n) is 4.12. The molecule has 0 aliphatic rings. The molecule has 0 atom stereocenters. The van der Waals surface area contributed by atoms with Gasteiger partial charge in [-0.05, 0) is 36.2 Å². The molecule has 1 heterocycles. The molecule has 0 aliphatic heterocycles. The maximum atomic E-state index is 5.87. The second kappa shape index (κ2) is 5.40. The van der Waals surface area contributed by atoms with Gasteiger partial charge in [0.25, 0.3) is 0 Å². The molecule has 0 amide bonds. The molecule has 2 rings (SSSR count). The largest absolute Gasteiger partial charge is 0.495 e. The van der Waals surface area contributed by atoms with E-state index in [2.05, 4.69) is 10.3 Å². The molecule has 0 saturated heterocycles. The van der Waals surface area contributed by atoms with Gasteiger partial charge in [-0.25, -0.2) is 0 Å². The lowest BCUT2D eigenvalue weighted by atomic mass is 10.1. The minimum absolute atomic E-state index is 0.656. The Balaban J connectivity index is 2.07. The molecule has 0 unspecified atom stereocenters. The maximum absolute atomic E-state index is 5.87. The number of nitrogens with one attached hydrogen (secondary N) is 1. The number of benzene rings is 1. The summed E-state index contributed by atoms with van der Waals surface area (Å²) >= 11 is 0. The van der Waals surface area contributed by atoms with Gasteiger partial charge in [0, 0.05) is 24.6 Å². The number of nitrogen functional groups attached to an aromatic ring is 1. The van der Waals surface area contributed by atoms with E-state index in [0.717, 1.165) is 23.4 Å². The van der Waals surface area contributed by atoms with Gasteiger partial charge >= 0.3 is 0 Å². The van der Waals surface area contributed by atoms with Crippen LogP contribution in [0.15, 0.2) is 36.7 Å².